The van der Waals surface area contributed by atoms with E-state index >= 15 is 0 Å². The van der Waals surface area contributed by atoms with Crippen molar-refractivity contribution >= 4 is 23.4 Å². The summed E-state index contributed by atoms with van der Waals surface area (Å²) >= 11 is 0. The molecular formula is C36H45FN8O3. The van der Waals surface area contributed by atoms with E-state index < -0.39 is 11.6 Å². The second-order valence-electron chi connectivity index (χ2n) is 14.5. The number of aromatic hydroxyl groups is 1. The Bertz CT molecular complexity index is 1630. The number of hydrogen-bond donors (Lipinski definition) is 2. The molecule has 0 amide bonds. The van der Waals surface area contributed by atoms with Gasteiger partial charge in [-0.3, -0.25) is 4.79 Å². The summed E-state index contributed by atoms with van der Waals surface area (Å²) in [5, 5.41) is 22.3. The number of carbonyl (C=O) groups is 1. The van der Waals surface area contributed by atoms with E-state index in [-0.39, 0.29) is 17.9 Å². The molecule has 2 saturated heterocycles. The minimum Gasteiger partial charge on any atom is -0.504 e. The first kappa shape index (κ1) is 31.2. The van der Waals surface area contributed by atoms with Crippen LogP contribution in [0.3, 0.4) is 0 Å². The number of likely N-dealkylation sites (tertiary alicyclic amines) is 1. The summed E-state index contributed by atoms with van der Waals surface area (Å²) in [6.07, 6.45) is 13.2. The number of phenolic OH excluding ortho intramolecular Hbond substituents is 1. The molecule has 3 aliphatic heterocycles. The van der Waals surface area contributed by atoms with Crippen LogP contribution in [0.4, 0.5) is 21.8 Å². The molecule has 11 nitrogen and oxygen atoms in total. The van der Waals surface area contributed by atoms with Gasteiger partial charge in [0.15, 0.2) is 17.4 Å². The first-order valence-corrected chi connectivity index (χ1v) is 17.7. The van der Waals surface area contributed by atoms with Crippen LogP contribution in [0.2, 0.25) is 0 Å². The fraction of sp³-hybridized carbons (Fsp3) is 0.583. The molecule has 1 unspecified atom stereocenters. The average molecular weight is 657 g/mol. The van der Waals surface area contributed by atoms with Gasteiger partial charge in [0.1, 0.15) is 0 Å². The minimum absolute atomic E-state index is 0.00897. The van der Waals surface area contributed by atoms with Gasteiger partial charge in [0, 0.05) is 50.2 Å². The summed E-state index contributed by atoms with van der Waals surface area (Å²) in [6.45, 7) is 7.63. The van der Waals surface area contributed by atoms with Crippen molar-refractivity contribution in [3.63, 3.8) is 0 Å². The lowest BCUT2D eigenvalue weighted by molar-refractivity contribution is -0.151. The standard InChI is InChI=1S/C36H45FN8O3/c1-2-48-34(47)24-6-10-36(11-7-24)17-26(18-36)43-12-8-23(9-13-43)25-19-39-35(40-20-25)44-14-15-45-27(22-44)21-38-33-31(45)16-30(41-42-33)28-4-3-5-29(37)32(28)46/h3-5,16,19-20,23-24,26-27,46H,2,6-15,17-18,21-22H2,1H3,(H,38,42). The monoisotopic (exact) mass is 656 g/mol. The lowest BCUT2D eigenvalue weighted by atomic mass is 9.56. The molecule has 254 valence electrons. The Balaban J connectivity index is 0.835. The van der Waals surface area contributed by atoms with Gasteiger partial charge < -0.3 is 29.9 Å². The number of phenols is 1. The Hall–Kier alpha value is -4.06. The first-order chi connectivity index (χ1) is 23.4. The number of para-hydroxylation sites is 1. The number of esters is 1. The summed E-state index contributed by atoms with van der Waals surface area (Å²) < 4.78 is 19.3. The maximum atomic E-state index is 14.0. The molecule has 8 rings (SSSR count). The molecule has 0 bridgehead atoms. The van der Waals surface area contributed by atoms with E-state index in [9.17, 15) is 14.3 Å². The number of nitrogens with one attached hydrogen (secondary N) is 1. The fourth-order valence-corrected chi connectivity index (χ4v) is 8.96. The molecule has 2 aliphatic carbocycles. The zero-order valence-electron chi connectivity index (χ0n) is 27.7. The summed E-state index contributed by atoms with van der Waals surface area (Å²) in [4.78, 5) is 29.1. The smallest absolute Gasteiger partial charge is 0.308 e. The van der Waals surface area contributed by atoms with Crippen LogP contribution >= 0.6 is 0 Å². The van der Waals surface area contributed by atoms with E-state index in [1.165, 1.54) is 37.3 Å². The molecule has 3 aromatic rings. The van der Waals surface area contributed by atoms with Gasteiger partial charge in [0.2, 0.25) is 5.95 Å². The van der Waals surface area contributed by atoms with Gasteiger partial charge in [0.25, 0.3) is 0 Å². The van der Waals surface area contributed by atoms with E-state index in [1.807, 2.05) is 25.4 Å². The molecule has 0 radical (unpaired) electrons. The molecule has 48 heavy (non-hydrogen) atoms. The van der Waals surface area contributed by atoms with Crippen molar-refractivity contribution < 1.29 is 19.0 Å². The second kappa shape index (κ2) is 12.8. The number of aromatic nitrogens is 4. The summed E-state index contributed by atoms with van der Waals surface area (Å²) in [5.74, 6) is 0.978. The van der Waals surface area contributed by atoms with Crippen molar-refractivity contribution in [3.05, 3.63) is 48.0 Å². The van der Waals surface area contributed by atoms with Crippen LogP contribution in [0.5, 0.6) is 5.75 Å². The van der Waals surface area contributed by atoms with Crippen LogP contribution in [0.1, 0.15) is 69.8 Å². The Kier molecular flexibility index (Phi) is 8.30. The van der Waals surface area contributed by atoms with Gasteiger partial charge in [-0.25, -0.2) is 14.4 Å². The maximum absolute atomic E-state index is 14.0. The largest absolute Gasteiger partial charge is 0.504 e. The number of rotatable bonds is 6. The number of nitrogens with zero attached hydrogens (tertiary/aromatic N) is 7. The van der Waals surface area contributed by atoms with Crippen molar-refractivity contribution in [3.8, 4) is 17.0 Å². The molecule has 12 heteroatoms. The van der Waals surface area contributed by atoms with Crippen molar-refractivity contribution in [1.29, 1.82) is 0 Å². The zero-order valence-corrected chi connectivity index (χ0v) is 27.7. The zero-order chi connectivity index (χ0) is 32.8. The topological polar surface area (TPSA) is 120 Å². The number of benzene rings is 1. The molecule has 1 atom stereocenters. The minimum atomic E-state index is -0.678. The van der Waals surface area contributed by atoms with Crippen LogP contribution in [-0.4, -0.2) is 94.1 Å². The van der Waals surface area contributed by atoms with Gasteiger partial charge in [-0.05, 0) is 106 Å². The number of carbonyl (C=O) groups excluding carboxylic acids is 1. The SMILES string of the molecule is CCOC(=O)C1CCC2(CC1)CC(N1CCC(c3cnc(N4CCN5c6cc(-c7cccc(F)c7O)nnc6NCC5C4)nc3)CC1)C2. The molecule has 4 fully saturated rings. The number of piperidine rings is 1. The number of hydrogen-bond acceptors (Lipinski definition) is 11. The lowest BCUT2D eigenvalue weighted by Gasteiger charge is -2.55. The Morgan fingerprint density at radius 1 is 1.04 bits per heavy atom. The third-order valence-corrected chi connectivity index (χ3v) is 11.8. The van der Waals surface area contributed by atoms with E-state index in [2.05, 4.69) is 30.2 Å². The molecular weight excluding hydrogens is 611 g/mol. The first-order valence-electron chi connectivity index (χ1n) is 17.7. The predicted octanol–water partition coefficient (Wildman–Crippen LogP) is 4.98. The van der Waals surface area contributed by atoms with Crippen molar-refractivity contribution in [1.82, 2.24) is 25.1 Å². The molecule has 2 saturated carbocycles. The molecule has 5 heterocycles. The Morgan fingerprint density at radius 2 is 1.81 bits per heavy atom. The van der Waals surface area contributed by atoms with Crippen molar-refractivity contribution in [2.45, 2.75) is 76.3 Å². The molecule has 1 spiro atoms. The second-order valence-corrected chi connectivity index (χ2v) is 14.5. The summed E-state index contributed by atoms with van der Waals surface area (Å²) in [7, 11) is 0. The normalized spacial score (nSPS) is 27.5. The molecule has 2 N–H and O–H groups in total. The van der Waals surface area contributed by atoms with Gasteiger partial charge in [0.05, 0.1) is 29.9 Å². The van der Waals surface area contributed by atoms with Crippen molar-refractivity contribution in [2.75, 3.05) is 61.0 Å². The highest BCUT2D eigenvalue weighted by Crippen LogP contribution is 2.55. The van der Waals surface area contributed by atoms with Crippen LogP contribution in [-0.2, 0) is 9.53 Å². The summed E-state index contributed by atoms with van der Waals surface area (Å²) in [6, 6.07) is 7.18. The van der Waals surface area contributed by atoms with Gasteiger partial charge in [-0.2, -0.15) is 0 Å². The predicted molar refractivity (Wildman–Crippen MR) is 181 cm³/mol. The Morgan fingerprint density at radius 3 is 2.56 bits per heavy atom. The highest BCUT2D eigenvalue weighted by atomic mass is 19.1. The average Bonchev–Trinajstić information content (AvgIpc) is 3.11. The maximum Gasteiger partial charge on any atom is 0.308 e. The Labute approximate surface area is 280 Å². The van der Waals surface area contributed by atoms with E-state index in [1.54, 1.807) is 12.1 Å². The molecule has 5 aliphatic rings. The number of halogens is 1. The van der Waals surface area contributed by atoms with Gasteiger partial charge in [-0.1, -0.05) is 6.07 Å². The third-order valence-electron chi connectivity index (χ3n) is 11.8. The molecule has 1 aromatic carbocycles. The van der Waals surface area contributed by atoms with Crippen LogP contribution in [0, 0.1) is 17.2 Å². The van der Waals surface area contributed by atoms with Gasteiger partial charge >= 0.3 is 5.97 Å². The number of anilines is 3. The van der Waals surface area contributed by atoms with Crippen molar-refractivity contribution in [2.24, 2.45) is 11.3 Å². The van der Waals surface area contributed by atoms with Crippen LogP contribution in [0.25, 0.3) is 11.3 Å². The van der Waals surface area contributed by atoms with Gasteiger partial charge in [-0.15, -0.1) is 10.2 Å². The third kappa shape index (κ3) is 5.82. The molecule has 2 aromatic heterocycles. The fourth-order valence-electron chi connectivity index (χ4n) is 8.96. The van der Waals surface area contributed by atoms with E-state index in [0.29, 0.717) is 41.1 Å². The summed E-state index contributed by atoms with van der Waals surface area (Å²) in [5.41, 5.74) is 3.36. The lowest BCUT2D eigenvalue weighted by Crippen LogP contribution is -2.58. The quantitative estimate of drug-likeness (QED) is 0.350. The number of piperazine rings is 1. The number of ether oxygens (including phenoxy) is 1. The highest BCUT2D eigenvalue weighted by Gasteiger charge is 2.49. The van der Waals surface area contributed by atoms with E-state index in [0.717, 1.165) is 76.6 Å². The van der Waals surface area contributed by atoms with Crippen LogP contribution < -0.4 is 15.1 Å². The number of fused-ring (bicyclic) bond motifs is 3. The van der Waals surface area contributed by atoms with Crippen LogP contribution in [0.15, 0.2) is 36.7 Å². The highest BCUT2D eigenvalue weighted by molar-refractivity contribution is 5.77. The van der Waals surface area contributed by atoms with E-state index in [4.69, 9.17) is 14.7 Å².